The number of Topliss-reactive ketones (excluding diaryl/α,β-unsaturated/α-hetero) is 4. The Kier molecular flexibility index (Phi) is 5.76. The van der Waals surface area contributed by atoms with E-state index < -0.39 is 86.3 Å². The van der Waals surface area contributed by atoms with Gasteiger partial charge in [0.1, 0.15) is 0 Å². The molecule has 4 rings (SSSR count). The Morgan fingerprint density at radius 1 is 1.17 bits per heavy atom. The highest BCUT2D eigenvalue weighted by atomic mass is 16.6. The second kappa shape index (κ2) is 8.17. The van der Waals surface area contributed by atoms with Crippen LogP contribution in [-0.2, 0) is 25.6 Å². The number of hydrogen-bond acceptors (Lipinski definition) is 11. The number of nitro groups is 1. The number of nitro benzene ring substituents is 1. The van der Waals surface area contributed by atoms with Gasteiger partial charge in [0.15, 0.2) is 34.7 Å². The van der Waals surface area contributed by atoms with Crippen LogP contribution in [0.1, 0.15) is 22.3 Å². The highest BCUT2D eigenvalue weighted by molar-refractivity contribution is 6.32. The van der Waals surface area contributed by atoms with Crippen molar-refractivity contribution in [2.24, 2.45) is 29.4 Å². The SMILES string of the molecule is CN(C)c1cc([N+](=O)[O-])c(O)c2c1CC1CC3[C@H](N(C)C)C(=O)C(C(N)=O)C(=O)[C@@]3(O)C(=O)C1C2=O. The number of rotatable bonds is 4. The maximum atomic E-state index is 13.7. The molecular formula is C23H26N4O9. The number of benzene rings is 1. The van der Waals surface area contributed by atoms with E-state index in [1.165, 1.54) is 23.9 Å². The molecule has 3 aliphatic rings. The molecule has 3 aliphatic carbocycles. The molecule has 1 aromatic carbocycles. The number of phenols is 1. The molecule has 4 N–H and O–H groups in total. The van der Waals surface area contributed by atoms with Gasteiger partial charge in [-0.05, 0) is 38.4 Å². The smallest absolute Gasteiger partial charge is 0.313 e. The summed E-state index contributed by atoms with van der Waals surface area (Å²) in [5.74, 6) is -12.3. The predicted molar refractivity (Wildman–Crippen MR) is 122 cm³/mol. The summed E-state index contributed by atoms with van der Waals surface area (Å²) in [6, 6.07) is -0.0681. The van der Waals surface area contributed by atoms with Crippen LogP contribution in [0.4, 0.5) is 11.4 Å². The van der Waals surface area contributed by atoms with Crippen LogP contribution in [0.15, 0.2) is 6.07 Å². The van der Waals surface area contributed by atoms with Gasteiger partial charge in [-0.15, -0.1) is 0 Å². The van der Waals surface area contributed by atoms with Crippen molar-refractivity contribution in [1.29, 1.82) is 0 Å². The van der Waals surface area contributed by atoms with E-state index in [2.05, 4.69) is 0 Å². The normalized spacial score (nSPS) is 31.6. The number of hydrogen-bond donors (Lipinski definition) is 3. The van der Waals surface area contributed by atoms with Gasteiger partial charge in [0.2, 0.25) is 11.7 Å². The van der Waals surface area contributed by atoms with Crippen molar-refractivity contribution in [2.75, 3.05) is 33.1 Å². The van der Waals surface area contributed by atoms with Gasteiger partial charge >= 0.3 is 5.69 Å². The number of aromatic hydroxyl groups is 1. The third kappa shape index (κ3) is 3.19. The molecule has 1 amide bonds. The largest absolute Gasteiger partial charge is 0.502 e. The third-order valence-electron chi connectivity index (χ3n) is 7.70. The molecular weight excluding hydrogens is 476 g/mol. The van der Waals surface area contributed by atoms with Gasteiger partial charge in [-0.3, -0.25) is 39.0 Å². The van der Waals surface area contributed by atoms with Crippen molar-refractivity contribution in [3.8, 4) is 5.75 Å². The second-order valence-corrected chi connectivity index (χ2v) is 10.1. The molecule has 0 aromatic heterocycles. The van der Waals surface area contributed by atoms with Crippen LogP contribution in [0.25, 0.3) is 0 Å². The van der Waals surface area contributed by atoms with E-state index >= 15 is 0 Å². The molecule has 0 bridgehead atoms. The summed E-state index contributed by atoms with van der Waals surface area (Å²) < 4.78 is 0. The molecule has 192 valence electrons. The third-order valence-corrected chi connectivity index (χ3v) is 7.70. The second-order valence-electron chi connectivity index (χ2n) is 10.1. The summed E-state index contributed by atoms with van der Waals surface area (Å²) in [7, 11) is 6.19. The lowest BCUT2D eigenvalue weighted by molar-refractivity contribution is -0.385. The van der Waals surface area contributed by atoms with Gasteiger partial charge < -0.3 is 20.8 Å². The highest BCUT2D eigenvalue weighted by Crippen LogP contribution is 2.52. The fourth-order valence-corrected chi connectivity index (χ4v) is 6.18. The molecule has 36 heavy (non-hydrogen) atoms. The molecule has 2 fully saturated rings. The lowest BCUT2D eigenvalue weighted by Crippen LogP contribution is -2.74. The Morgan fingerprint density at radius 2 is 1.78 bits per heavy atom. The number of likely N-dealkylation sites (N-methyl/N-ethyl adjacent to an activating group) is 1. The number of carbonyl (C=O) groups is 5. The number of carbonyl (C=O) groups excluding carboxylic acids is 5. The van der Waals surface area contributed by atoms with Crippen LogP contribution < -0.4 is 10.6 Å². The van der Waals surface area contributed by atoms with Crippen LogP contribution in [0.5, 0.6) is 5.75 Å². The van der Waals surface area contributed by atoms with Gasteiger partial charge in [-0.25, -0.2) is 0 Å². The maximum absolute atomic E-state index is 13.7. The van der Waals surface area contributed by atoms with Gasteiger partial charge in [0.25, 0.3) is 0 Å². The summed E-state index contributed by atoms with van der Waals surface area (Å²) in [6.07, 6.45) is -0.0839. The monoisotopic (exact) mass is 502 g/mol. The molecule has 2 saturated carbocycles. The Morgan fingerprint density at radius 3 is 2.28 bits per heavy atom. The maximum Gasteiger partial charge on any atom is 0.313 e. The average Bonchev–Trinajstić information content (AvgIpc) is 2.75. The molecule has 6 atom stereocenters. The zero-order valence-corrected chi connectivity index (χ0v) is 20.0. The van der Waals surface area contributed by atoms with E-state index in [0.717, 1.165) is 6.07 Å². The number of fused-ring (bicyclic) bond motifs is 3. The lowest BCUT2D eigenvalue weighted by atomic mass is 9.52. The lowest BCUT2D eigenvalue weighted by Gasteiger charge is -2.52. The summed E-state index contributed by atoms with van der Waals surface area (Å²) in [5.41, 5.74) is 1.86. The van der Waals surface area contributed by atoms with E-state index in [1.807, 2.05) is 0 Å². The molecule has 0 saturated heterocycles. The Hall–Kier alpha value is -3.71. The topological polar surface area (TPSA) is 201 Å². The zero-order valence-electron chi connectivity index (χ0n) is 20.0. The number of anilines is 1. The van der Waals surface area contributed by atoms with E-state index in [-0.39, 0.29) is 18.4 Å². The van der Waals surface area contributed by atoms with Crippen LogP contribution in [-0.4, -0.2) is 88.9 Å². The fraction of sp³-hybridized carbons (Fsp3) is 0.522. The number of amides is 1. The van der Waals surface area contributed by atoms with Crippen molar-refractivity contribution in [2.45, 2.75) is 24.5 Å². The number of nitrogens with two attached hydrogens (primary N) is 1. The number of aliphatic hydroxyl groups is 1. The average molecular weight is 502 g/mol. The van der Waals surface area contributed by atoms with Gasteiger partial charge in [0, 0.05) is 31.8 Å². The standard InChI is InChI=1S/C23H26N4O9/c1-25(2)11-7-12(27(35)36)17(28)14-9(11)5-8-6-10-16(26(3)4)19(30)15(22(24)33)21(32)23(10,34)20(31)13(8)18(14)29/h7-8,10,13,15-16,28,34H,5-6H2,1-4H3,(H2,24,33)/t8?,10?,13?,15?,16-,23-/m0/s1. The van der Waals surface area contributed by atoms with Crippen molar-refractivity contribution < 1.29 is 39.1 Å². The van der Waals surface area contributed by atoms with E-state index in [0.29, 0.717) is 5.69 Å². The molecule has 0 spiro atoms. The first-order valence-corrected chi connectivity index (χ1v) is 11.2. The molecule has 4 unspecified atom stereocenters. The summed E-state index contributed by atoms with van der Waals surface area (Å²) in [4.78, 5) is 79.3. The first kappa shape index (κ1) is 25.4. The Balaban J connectivity index is 1.93. The van der Waals surface area contributed by atoms with Crippen LogP contribution >= 0.6 is 0 Å². The van der Waals surface area contributed by atoms with Crippen LogP contribution in [0.3, 0.4) is 0 Å². The number of nitrogens with zero attached hydrogens (tertiary/aromatic N) is 3. The van der Waals surface area contributed by atoms with Crippen molar-refractivity contribution in [3.05, 3.63) is 27.3 Å². The van der Waals surface area contributed by atoms with Gasteiger partial charge in [-0.2, -0.15) is 0 Å². The minimum absolute atomic E-state index is 0.0188. The van der Waals surface area contributed by atoms with Crippen molar-refractivity contribution in [3.63, 3.8) is 0 Å². The molecule has 0 heterocycles. The van der Waals surface area contributed by atoms with Crippen molar-refractivity contribution >= 4 is 40.4 Å². The molecule has 1 aromatic rings. The first-order chi connectivity index (χ1) is 16.7. The van der Waals surface area contributed by atoms with Crippen LogP contribution in [0, 0.1) is 33.8 Å². The minimum Gasteiger partial charge on any atom is -0.502 e. The van der Waals surface area contributed by atoms with Crippen LogP contribution in [0.2, 0.25) is 0 Å². The number of phenolic OH excluding ortho intramolecular Hbond substituents is 1. The van der Waals surface area contributed by atoms with E-state index in [9.17, 15) is 44.3 Å². The minimum atomic E-state index is -2.85. The number of primary amides is 1. The number of ketones is 4. The highest BCUT2D eigenvalue weighted by Gasteiger charge is 2.69. The van der Waals surface area contributed by atoms with Gasteiger partial charge in [-0.1, -0.05) is 0 Å². The summed E-state index contributed by atoms with van der Waals surface area (Å²) in [5, 5.41) is 33.7. The molecule has 0 aliphatic heterocycles. The summed E-state index contributed by atoms with van der Waals surface area (Å²) in [6.45, 7) is 0. The molecule has 0 radical (unpaired) electrons. The Bertz CT molecular complexity index is 1260. The van der Waals surface area contributed by atoms with Crippen molar-refractivity contribution in [1.82, 2.24) is 4.90 Å². The van der Waals surface area contributed by atoms with Gasteiger partial charge in [0.05, 0.1) is 22.4 Å². The predicted octanol–water partition coefficient (Wildman–Crippen LogP) is -1.16. The molecule has 13 nitrogen and oxygen atoms in total. The fourth-order valence-electron chi connectivity index (χ4n) is 6.18. The quantitative estimate of drug-likeness (QED) is 0.255. The molecule has 13 heteroatoms. The zero-order chi connectivity index (χ0) is 27.0. The Labute approximate surface area is 205 Å². The first-order valence-electron chi connectivity index (χ1n) is 11.2. The van der Waals surface area contributed by atoms with E-state index in [1.54, 1.807) is 14.1 Å². The van der Waals surface area contributed by atoms with E-state index in [4.69, 9.17) is 5.73 Å². The summed E-state index contributed by atoms with van der Waals surface area (Å²) >= 11 is 0.